The van der Waals surface area contributed by atoms with E-state index in [1.807, 2.05) is 12.1 Å². The summed E-state index contributed by atoms with van der Waals surface area (Å²) in [5.74, 6) is 0.879. The van der Waals surface area contributed by atoms with Crippen LogP contribution >= 0.6 is 11.3 Å². The second kappa shape index (κ2) is 6.72. The third-order valence-electron chi connectivity index (χ3n) is 3.19. The molecular weight excluding hydrogens is 270 g/mol. The molecule has 0 fully saturated rings. The summed E-state index contributed by atoms with van der Waals surface area (Å²) in [5.41, 5.74) is 8.11. The molecule has 0 spiro atoms. The van der Waals surface area contributed by atoms with E-state index >= 15 is 0 Å². The minimum Gasteiger partial charge on any atom is -0.497 e. The third kappa shape index (κ3) is 3.29. The maximum atomic E-state index is 5.76. The molecule has 0 saturated heterocycles. The van der Waals surface area contributed by atoms with E-state index in [2.05, 4.69) is 36.0 Å². The standard InChI is InChI=1S/C15H21N3OS/c1-4-13-14(9-16)20-15(17-13)18(2)10-11-5-7-12(19-3)8-6-11/h5-8H,4,9-10,16H2,1-3H3. The van der Waals surface area contributed by atoms with Crippen LogP contribution < -0.4 is 15.4 Å². The van der Waals surface area contributed by atoms with Crippen LogP contribution in [0.3, 0.4) is 0 Å². The first-order valence-corrected chi connectivity index (χ1v) is 7.52. The van der Waals surface area contributed by atoms with Gasteiger partial charge in [-0.05, 0) is 24.1 Å². The molecule has 0 aliphatic heterocycles. The Hall–Kier alpha value is -1.59. The van der Waals surface area contributed by atoms with Crippen molar-refractivity contribution < 1.29 is 4.74 Å². The van der Waals surface area contributed by atoms with E-state index in [-0.39, 0.29) is 0 Å². The molecule has 5 heteroatoms. The lowest BCUT2D eigenvalue weighted by atomic mass is 10.2. The molecule has 0 unspecified atom stereocenters. The molecule has 0 saturated carbocycles. The number of nitrogens with two attached hydrogens (primary N) is 1. The van der Waals surface area contributed by atoms with Gasteiger partial charge in [-0.3, -0.25) is 0 Å². The lowest BCUT2D eigenvalue weighted by molar-refractivity contribution is 0.414. The number of aromatic nitrogens is 1. The summed E-state index contributed by atoms with van der Waals surface area (Å²) < 4.78 is 5.17. The van der Waals surface area contributed by atoms with Gasteiger partial charge in [0, 0.05) is 25.0 Å². The largest absolute Gasteiger partial charge is 0.497 e. The number of ether oxygens (including phenoxy) is 1. The van der Waals surface area contributed by atoms with Crippen molar-refractivity contribution in [1.29, 1.82) is 0 Å². The molecule has 0 radical (unpaired) electrons. The summed E-state index contributed by atoms with van der Waals surface area (Å²) >= 11 is 1.68. The number of aryl methyl sites for hydroxylation is 1. The van der Waals surface area contributed by atoms with Crippen molar-refractivity contribution in [1.82, 2.24) is 4.98 Å². The molecule has 0 bridgehead atoms. The number of thiazole rings is 1. The smallest absolute Gasteiger partial charge is 0.185 e. The van der Waals surface area contributed by atoms with Crippen LogP contribution in [0.5, 0.6) is 5.75 Å². The highest BCUT2D eigenvalue weighted by Gasteiger charge is 2.12. The molecule has 2 N–H and O–H groups in total. The third-order valence-corrected chi connectivity index (χ3v) is 4.43. The van der Waals surface area contributed by atoms with Gasteiger partial charge in [-0.15, -0.1) is 11.3 Å². The zero-order valence-electron chi connectivity index (χ0n) is 12.2. The maximum absolute atomic E-state index is 5.76. The van der Waals surface area contributed by atoms with E-state index in [9.17, 15) is 0 Å². The van der Waals surface area contributed by atoms with Gasteiger partial charge >= 0.3 is 0 Å². The Labute approximate surface area is 124 Å². The Balaban J connectivity index is 2.10. The van der Waals surface area contributed by atoms with Crippen molar-refractivity contribution in [2.45, 2.75) is 26.4 Å². The summed E-state index contributed by atoms with van der Waals surface area (Å²) in [6.07, 6.45) is 0.930. The second-order valence-electron chi connectivity index (χ2n) is 4.63. The van der Waals surface area contributed by atoms with Crippen molar-refractivity contribution in [3.63, 3.8) is 0 Å². The first kappa shape index (κ1) is 14.8. The predicted molar refractivity (Wildman–Crippen MR) is 84.5 cm³/mol. The van der Waals surface area contributed by atoms with Gasteiger partial charge in [-0.1, -0.05) is 19.1 Å². The number of rotatable bonds is 6. The van der Waals surface area contributed by atoms with Crippen molar-refractivity contribution in [2.75, 3.05) is 19.1 Å². The van der Waals surface area contributed by atoms with Crippen molar-refractivity contribution >= 4 is 16.5 Å². The summed E-state index contributed by atoms with van der Waals surface area (Å²) in [6.45, 7) is 3.50. The first-order valence-electron chi connectivity index (χ1n) is 6.70. The van der Waals surface area contributed by atoms with Crippen molar-refractivity contribution in [2.24, 2.45) is 5.73 Å². The van der Waals surface area contributed by atoms with Crippen molar-refractivity contribution in [3.05, 3.63) is 40.4 Å². The molecule has 1 aromatic heterocycles. The first-order chi connectivity index (χ1) is 9.67. The molecule has 0 atom stereocenters. The summed E-state index contributed by atoms with van der Waals surface area (Å²) in [6, 6.07) is 8.11. The van der Waals surface area contributed by atoms with Crippen LogP contribution in [0.25, 0.3) is 0 Å². The molecule has 20 heavy (non-hydrogen) atoms. The second-order valence-corrected chi connectivity index (χ2v) is 5.69. The van der Waals surface area contributed by atoms with Crippen LogP contribution in [-0.4, -0.2) is 19.1 Å². The SMILES string of the molecule is CCc1nc(N(C)Cc2ccc(OC)cc2)sc1CN. The molecule has 4 nitrogen and oxygen atoms in total. The molecule has 2 aromatic rings. The highest BCUT2D eigenvalue weighted by molar-refractivity contribution is 7.15. The van der Waals surface area contributed by atoms with Gasteiger partial charge in [0.15, 0.2) is 5.13 Å². The fourth-order valence-electron chi connectivity index (χ4n) is 2.04. The van der Waals surface area contributed by atoms with Gasteiger partial charge in [-0.2, -0.15) is 0 Å². The maximum Gasteiger partial charge on any atom is 0.185 e. The summed E-state index contributed by atoms with van der Waals surface area (Å²) in [7, 11) is 3.74. The number of hydrogen-bond donors (Lipinski definition) is 1. The Kier molecular flexibility index (Phi) is 4.98. The normalized spacial score (nSPS) is 10.6. The Bertz CT molecular complexity index is 529. The van der Waals surface area contributed by atoms with Crippen LogP contribution in [0.2, 0.25) is 0 Å². The minimum atomic E-state index is 0.567. The quantitative estimate of drug-likeness (QED) is 0.889. The lowest BCUT2D eigenvalue weighted by Gasteiger charge is -2.15. The number of benzene rings is 1. The van der Waals surface area contributed by atoms with Crippen molar-refractivity contribution in [3.8, 4) is 5.75 Å². The zero-order valence-corrected chi connectivity index (χ0v) is 13.0. The Morgan fingerprint density at radius 2 is 2.00 bits per heavy atom. The average molecular weight is 291 g/mol. The van der Waals surface area contributed by atoms with E-state index in [0.29, 0.717) is 6.54 Å². The average Bonchev–Trinajstić information content (AvgIpc) is 2.91. The Morgan fingerprint density at radius 1 is 1.30 bits per heavy atom. The number of hydrogen-bond acceptors (Lipinski definition) is 5. The van der Waals surface area contributed by atoms with Crippen LogP contribution in [0.15, 0.2) is 24.3 Å². The molecule has 0 aliphatic rings. The molecule has 108 valence electrons. The number of anilines is 1. The minimum absolute atomic E-state index is 0.567. The fraction of sp³-hybridized carbons (Fsp3) is 0.400. The molecule has 1 aromatic carbocycles. The predicted octanol–water partition coefficient (Wildman–Crippen LogP) is 2.81. The van der Waals surface area contributed by atoms with Gasteiger partial charge in [0.05, 0.1) is 12.8 Å². The van der Waals surface area contributed by atoms with E-state index in [4.69, 9.17) is 10.5 Å². The van der Waals surface area contributed by atoms with E-state index in [1.54, 1.807) is 18.4 Å². The summed E-state index contributed by atoms with van der Waals surface area (Å²) in [5, 5.41) is 1.03. The molecule has 1 heterocycles. The molecule has 0 aliphatic carbocycles. The lowest BCUT2D eigenvalue weighted by Crippen LogP contribution is -2.16. The highest BCUT2D eigenvalue weighted by atomic mass is 32.1. The van der Waals surface area contributed by atoms with Gasteiger partial charge in [-0.25, -0.2) is 4.98 Å². The number of nitrogens with zero attached hydrogens (tertiary/aromatic N) is 2. The highest BCUT2D eigenvalue weighted by Crippen LogP contribution is 2.27. The topological polar surface area (TPSA) is 51.4 Å². The summed E-state index contributed by atoms with van der Waals surface area (Å²) in [4.78, 5) is 8.01. The molecule has 2 rings (SSSR count). The van der Waals surface area contributed by atoms with Gasteiger partial charge < -0.3 is 15.4 Å². The monoisotopic (exact) mass is 291 g/mol. The van der Waals surface area contributed by atoms with Crippen LogP contribution in [0, 0.1) is 0 Å². The van der Waals surface area contributed by atoms with E-state index in [0.717, 1.165) is 29.5 Å². The van der Waals surface area contributed by atoms with Crippen LogP contribution in [0.1, 0.15) is 23.1 Å². The Morgan fingerprint density at radius 3 is 2.50 bits per heavy atom. The zero-order chi connectivity index (χ0) is 14.5. The van der Waals surface area contributed by atoms with E-state index < -0.39 is 0 Å². The molecule has 0 amide bonds. The van der Waals surface area contributed by atoms with Crippen LogP contribution in [0.4, 0.5) is 5.13 Å². The van der Waals surface area contributed by atoms with Gasteiger partial charge in [0.2, 0.25) is 0 Å². The molecular formula is C15H21N3OS. The number of methoxy groups -OCH3 is 1. The van der Waals surface area contributed by atoms with Gasteiger partial charge in [0.25, 0.3) is 0 Å². The van der Waals surface area contributed by atoms with Crippen LogP contribution in [-0.2, 0) is 19.5 Å². The van der Waals surface area contributed by atoms with Gasteiger partial charge in [0.1, 0.15) is 5.75 Å². The van der Waals surface area contributed by atoms with E-state index in [1.165, 1.54) is 10.4 Å². The fourth-order valence-corrected chi connectivity index (χ4v) is 3.03.